The van der Waals surface area contributed by atoms with Gasteiger partial charge in [0.2, 0.25) is 11.8 Å². The summed E-state index contributed by atoms with van der Waals surface area (Å²) in [6.45, 7) is 12.0. The molecule has 2 rings (SSSR count). The van der Waals surface area contributed by atoms with Gasteiger partial charge in [-0.25, -0.2) is 0 Å². The number of nitrogens with zero attached hydrogens (tertiary/aromatic N) is 2. The first kappa shape index (κ1) is 18.2. The molecular weight excluding hydrogens is 300 g/mol. The molecule has 1 aromatic rings. The minimum atomic E-state index is -0.543. The first-order valence-electron chi connectivity index (χ1n) is 8.65. The van der Waals surface area contributed by atoms with E-state index in [4.69, 9.17) is 0 Å². The van der Waals surface area contributed by atoms with Gasteiger partial charge in [-0.2, -0.15) is 0 Å². The number of carbonyl (C=O) groups is 2. The zero-order valence-corrected chi connectivity index (χ0v) is 15.0. The maximum atomic E-state index is 13.4. The van der Waals surface area contributed by atoms with Crippen molar-refractivity contribution in [2.24, 2.45) is 0 Å². The molecule has 1 aliphatic rings. The lowest BCUT2D eigenvalue weighted by atomic mass is 9.71. The first-order valence-corrected chi connectivity index (χ1v) is 8.65. The Kier molecular flexibility index (Phi) is 5.81. The maximum absolute atomic E-state index is 13.4. The Morgan fingerprint density at radius 1 is 1.17 bits per heavy atom. The van der Waals surface area contributed by atoms with Crippen LogP contribution in [0.25, 0.3) is 0 Å². The zero-order valence-electron chi connectivity index (χ0n) is 15.0. The van der Waals surface area contributed by atoms with Crippen molar-refractivity contribution in [2.45, 2.75) is 39.0 Å². The minimum Gasteiger partial charge on any atom is -0.343 e. The van der Waals surface area contributed by atoms with Crippen LogP contribution in [0.3, 0.4) is 0 Å². The highest BCUT2D eigenvalue weighted by atomic mass is 16.2. The summed E-state index contributed by atoms with van der Waals surface area (Å²) in [5, 5.41) is 0. The Hall–Kier alpha value is -2.10. The number of amides is 2. The number of hydrogen-bond donors (Lipinski definition) is 0. The number of hydrogen-bond acceptors (Lipinski definition) is 2. The van der Waals surface area contributed by atoms with Crippen molar-refractivity contribution in [1.29, 1.82) is 0 Å². The molecule has 0 aromatic heterocycles. The lowest BCUT2D eigenvalue weighted by molar-refractivity contribution is -0.142. The van der Waals surface area contributed by atoms with Crippen LogP contribution >= 0.6 is 0 Å². The highest BCUT2D eigenvalue weighted by Crippen LogP contribution is 2.37. The second-order valence-corrected chi connectivity index (χ2v) is 6.73. The Morgan fingerprint density at radius 2 is 1.75 bits per heavy atom. The number of likely N-dealkylation sites (N-methyl/N-ethyl adjacent to an activating group) is 1. The number of likely N-dealkylation sites (tertiary alicyclic amines) is 1. The zero-order chi connectivity index (χ0) is 17.7. The molecule has 1 heterocycles. The monoisotopic (exact) mass is 328 g/mol. The van der Waals surface area contributed by atoms with Crippen molar-refractivity contribution in [3.8, 4) is 0 Å². The summed E-state index contributed by atoms with van der Waals surface area (Å²) in [5.74, 6) is 0.237. The Balaban J connectivity index is 2.36. The summed E-state index contributed by atoms with van der Waals surface area (Å²) >= 11 is 0. The fourth-order valence-electron chi connectivity index (χ4n) is 3.54. The molecule has 0 atom stereocenters. The van der Waals surface area contributed by atoms with Gasteiger partial charge in [-0.05, 0) is 32.3 Å². The molecule has 1 saturated heterocycles. The van der Waals surface area contributed by atoms with Crippen molar-refractivity contribution in [3.63, 3.8) is 0 Å². The number of benzene rings is 1. The van der Waals surface area contributed by atoms with Gasteiger partial charge < -0.3 is 9.80 Å². The van der Waals surface area contributed by atoms with Crippen molar-refractivity contribution < 1.29 is 9.59 Å². The molecule has 0 radical (unpaired) electrons. The SMILES string of the molecule is C=C(C)CN(CC)C(=O)C1(c2ccccc2)CCN(C(C)=O)CC1. The first-order chi connectivity index (χ1) is 11.4. The predicted octanol–water partition coefficient (Wildman–Crippen LogP) is 2.99. The van der Waals surface area contributed by atoms with Gasteiger partial charge in [-0.15, -0.1) is 0 Å². The molecule has 0 saturated carbocycles. The van der Waals surface area contributed by atoms with E-state index in [9.17, 15) is 9.59 Å². The van der Waals surface area contributed by atoms with E-state index < -0.39 is 5.41 Å². The van der Waals surface area contributed by atoms with E-state index in [2.05, 4.69) is 6.58 Å². The maximum Gasteiger partial charge on any atom is 0.233 e. The number of carbonyl (C=O) groups excluding carboxylic acids is 2. The predicted molar refractivity (Wildman–Crippen MR) is 96.7 cm³/mol. The molecule has 1 aliphatic heterocycles. The summed E-state index contributed by atoms with van der Waals surface area (Å²) in [6, 6.07) is 10.0. The smallest absolute Gasteiger partial charge is 0.233 e. The fraction of sp³-hybridized carbons (Fsp3) is 0.500. The molecule has 0 spiro atoms. The largest absolute Gasteiger partial charge is 0.343 e. The molecule has 1 fully saturated rings. The van der Waals surface area contributed by atoms with Gasteiger partial charge in [0.15, 0.2) is 0 Å². The normalized spacial score (nSPS) is 16.5. The van der Waals surface area contributed by atoms with Gasteiger partial charge >= 0.3 is 0 Å². The van der Waals surface area contributed by atoms with E-state index in [0.29, 0.717) is 39.0 Å². The molecule has 4 heteroatoms. The van der Waals surface area contributed by atoms with Crippen molar-refractivity contribution in [2.75, 3.05) is 26.2 Å². The van der Waals surface area contributed by atoms with Gasteiger partial charge in [0.1, 0.15) is 0 Å². The minimum absolute atomic E-state index is 0.0818. The Morgan fingerprint density at radius 3 is 2.21 bits per heavy atom. The third-order valence-corrected chi connectivity index (χ3v) is 4.93. The number of piperidine rings is 1. The van der Waals surface area contributed by atoms with Gasteiger partial charge in [0.05, 0.1) is 5.41 Å². The van der Waals surface area contributed by atoms with Crippen LogP contribution in [0.1, 0.15) is 39.2 Å². The number of rotatable bonds is 5. The lowest BCUT2D eigenvalue weighted by Gasteiger charge is -2.43. The van der Waals surface area contributed by atoms with Crippen molar-refractivity contribution >= 4 is 11.8 Å². The Labute approximate surface area is 145 Å². The van der Waals surface area contributed by atoms with Crippen molar-refractivity contribution in [3.05, 3.63) is 48.0 Å². The van der Waals surface area contributed by atoms with E-state index in [1.807, 2.05) is 54.0 Å². The molecular formula is C20H28N2O2. The van der Waals surface area contributed by atoms with Crippen molar-refractivity contribution in [1.82, 2.24) is 9.80 Å². The average Bonchev–Trinajstić information content (AvgIpc) is 2.59. The molecule has 0 aliphatic carbocycles. The van der Waals surface area contributed by atoms with Crippen LogP contribution in [0.15, 0.2) is 42.5 Å². The summed E-state index contributed by atoms with van der Waals surface area (Å²) in [7, 11) is 0. The molecule has 130 valence electrons. The summed E-state index contributed by atoms with van der Waals surface area (Å²) < 4.78 is 0. The summed E-state index contributed by atoms with van der Waals surface area (Å²) in [6.07, 6.45) is 1.34. The van der Waals surface area contributed by atoms with Crippen LogP contribution in [0, 0.1) is 0 Å². The third kappa shape index (κ3) is 3.69. The summed E-state index contributed by atoms with van der Waals surface area (Å²) in [5.41, 5.74) is 1.49. The molecule has 1 aromatic carbocycles. The quantitative estimate of drug-likeness (QED) is 0.780. The fourth-order valence-corrected chi connectivity index (χ4v) is 3.54. The molecule has 0 unspecified atom stereocenters. The van der Waals surface area contributed by atoms with Crippen LogP contribution in [-0.2, 0) is 15.0 Å². The topological polar surface area (TPSA) is 40.6 Å². The molecule has 4 nitrogen and oxygen atoms in total. The Bertz CT molecular complexity index is 601. The van der Waals surface area contributed by atoms with Crippen LogP contribution in [0.5, 0.6) is 0 Å². The summed E-state index contributed by atoms with van der Waals surface area (Å²) in [4.78, 5) is 28.8. The molecule has 24 heavy (non-hydrogen) atoms. The van der Waals surface area contributed by atoms with E-state index in [0.717, 1.165) is 11.1 Å². The molecule has 2 amide bonds. The van der Waals surface area contributed by atoms with E-state index in [1.54, 1.807) is 6.92 Å². The molecule has 0 bridgehead atoms. The van der Waals surface area contributed by atoms with Crippen LogP contribution in [0.4, 0.5) is 0 Å². The lowest BCUT2D eigenvalue weighted by Crippen LogP contribution is -2.53. The van der Waals surface area contributed by atoms with E-state index in [1.165, 1.54) is 0 Å². The van der Waals surface area contributed by atoms with Gasteiger partial charge in [-0.1, -0.05) is 42.5 Å². The second-order valence-electron chi connectivity index (χ2n) is 6.73. The standard InChI is InChI=1S/C20H28N2O2/c1-5-21(15-16(2)3)19(24)20(18-9-7-6-8-10-18)11-13-22(14-12-20)17(4)23/h6-10H,2,5,11-15H2,1,3-4H3. The van der Waals surface area contributed by atoms with Gasteiger partial charge in [0, 0.05) is 33.1 Å². The van der Waals surface area contributed by atoms with E-state index >= 15 is 0 Å². The highest BCUT2D eigenvalue weighted by molar-refractivity contribution is 5.89. The van der Waals surface area contributed by atoms with Crippen LogP contribution < -0.4 is 0 Å². The third-order valence-electron chi connectivity index (χ3n) is 4.93. The highest BCUT2D eigenvalue weighted by Gasteiger charge is 2.45. The van der Waals surface area contributed by atoms with E-state index in [-0.39, 0.29) is 11.8 Å². The average molecular weight is 328 g/mol. The van der Waals surface area contributed by atoms with Crippen LogP contribution in [0.2, 0.25) is 0 Å². The van der Waals surface area contributed by atoms with Gasteiger partial charge in [0.25, 0.3) is 0 Å². The van der Waals surface area contributed by atoms with Crippen LogP contribution in [-0.4, -0.2) is 47.8 Å². The second kappa shape index (κ2) is 7.65. The van der Waals surface area contributed by atoms with Gasteiger partial charge in [-0.3, -0.25) is 9.59 Å². The molecule has 0 N–H and O–H groups in total.